The van der Waals surface area contributed by atoms with E-state index in [4.69, 9.17) is 11.6 Å². The fourth-order valence-corrected chi connectivity index (χ4v) is 3.73. The van der Waals surface area contributed by atoms with Crippen LogP contribution in [0.3, 0.4) is 0 Å². The van der Waals surface area contributed by atoms with Crippen LogP contribution in [0.1, 0.15) is 15.5 Å². The second-order valence-electron chi connectivity index (χ2n) is 2.85. The van der Waals surface area contributed by atoms with Gasteiger partial charge in [0.15, 0.2) is 16.6 Å². The van der Waals surface area contributed by atoms with Crippen LogP contribution < -0.4 is 0 Å². The van der Waals surface area contributed by atoms with Crippen LogP contribution >= 0.6 is 68.1 Å². The first kappa shape index (κ1) is 12.7. The largest absolute Gasteiger partial charge is 0.297 e. The number of aldehydes is 1. The van der Waals surface area contributed by atoms with Crippen molar-refractivity contribution in [2.45, 2.75) is 6.92 Å². The summed E-state index contributed by atoms with van der Waals surface area (Å²) in [5, 5.41) is 0.915. The highest BCUT2D eigenvalue weighted by atomic mass is 127. The highest BCUT2D eigenvalue weighted by Crippen LogP contribution is 2.28. The van der Waals surface area contributed by atoms with Gasteiger partial charge < -0.3 is 0 Å². The molecule has 0 aromatic carbocycles. The average Bonchev–Trinajstić information content (AvgIpc) is 2.69. The normalized spacial score (nSPS) is 10.8. The number of hydrogen-bond acceptors (Lipinski definition) is 4. The van der Waals surface area contributed by atoms with Crippen LogP contribution in [0.2, 0.25) is 5.15 Å². The Morgan fingerprint density at radius 2 is 2.12 bits per heavy atom. The van der Waals surface area contributed by atoms with Gasteiger partial charge in [0.1, 0.15) is 18.1 Å². The number of aryl methyl sites for hydroxylation is 1. The first-order valence-corrected chi connectivity index (χ1v) is 7.42. The summed E-state index contributed by atoms with van der Waals surface area (Å²) >= 11 is 11.4. The first-order chi connectivity index (χ1) is 7.54. The number of nitrogens with zero attached hydrogens (tertiary/aromatic N) is 3. The highest BCUT2D eigenvalue weighted by molar-refractivity contribution is 14.1. The van der Waals surface area contributed by atoms with Gasteiger partial charge in [-0.1, -0.05) is 22.9 Å². The molecule has 2 aromatic rings. The number of rotatable bonds is 2. The van der Waals surface area contributed by atoms with E-state index in [0.717, 1.165) is 13.2 Å². The van der Waals surface area contributed by atoms with Gasteiger partial charge in [-0.05, 0) is 52.1 Å². The van der Waals surface area contributed by atoms with E-state index in [9.17, 15) is 4.79 Å². The van der Waals surface area contributed by atoms with Crippen molar-refractivity contribution in [2.24, 2.45) is 0 Å². The van der Waals surface area contributed by atoms with Gasteiger partial charge in [0, 0.05) is 0 Å². The lowest BCUT2D eigenvalue weighted by Gasteiger charge is -2.00. The van der Waals surface area contributed by atoms with E-state index in [0.29, 0.717) is 16.3 Å². The molecule has 16 heavy (non-hydrogen) atoms. The van der Waals surface area contributed by atoms with Crippen molar-refractivity contribution in [1.29, 1.82) is 0 Å². The molecular weight excluding hydrogens is 475 g/mol. The third-order valence-electron chi connectivity index (χ3n) is 1.85. The lowest BCUT2D eigenvalue weighted by Crippen LogP contribution is -1.98. The molecule has 84 valence electrons. The molecule has 0 spiro atoms. The van der Waals surface area contributed by atoms with Gasteiger partial charge in [0.2, 0.25) is 0 Å². The van der Waals surface area contributed by atoms with E-state index in [1.54, 1.807) is 0 Å². The summed E-state index contributed by atoms with van der Waals surface area (Å²) in [4.78, 5) is 19.6. The van der Waals surface area contributed by atoms with E-state index in [1.165, 1.54) is 11.3 Å². The molecule has 4 nitrogen and oxygen atoms in total. The molecule has 0 aliphatic heterocycles. The van der Waals surface area contributed by atoms with Gasteiger partial charge in [-0.3, -0.25) is 9.36 Å². The first-order valence-electron chi connectivity index (χ1n) is 4.06. The fourth-order valence-electron chi connectivity index (χ4n) is 1.17. The molecule has 2 heterocycles. The van der Waals surface area contributed by atoms with Crippen LogP contribution in [-0.2, 0) is 0 Å². The summed E-state index contributed by atoms with van der Waals surface area (Å²) in [6.45, 7) is 1.89. The molecule has 2 aromatic heterocycles. The molecule has 0 atom stereocenters. The molecule has 0 fully saturated rings. The smallest absolute Gasteiger partial charge is 0.198 e. The van der Waals surface area contributed by atoms with Gasteiger partial charge in [-0.2, -0.15) is 0 Å². The molecule has 0 radical (unpaired) electrons. The Morgan fingerprint density at radius 3 is 2.56 bits per heavy atom. The molecule has 0 aliphatic rings. The van der Waals surface area contributed by atoms with Crippen molar-refractivity contribution >= 4 is 74.4 Å². The topological polar surface area (TPSA) is 47.8 Å². The predicted molar refractivity (Wildman–Crippen MR) is 79.8 cm³/mol. The van der Waals surface area contributed by atoms with E-state index < -0.39 is 0 Å². The molecule has 0 aliphatic carbocycles. The number of imidazole rings is 1. The number of halogens is 3. The zero-order chi connectivity index (χ0) is 11.9. The lowest BCUT2D eigenvalue weighted by atomic mass is 10.6. The average molecular weight is 479 g/mol. The Balaban J connectivity index is 2.62. The predicted octanol–water partition coefficient (Wildman–Crippen LogP) is 3.31. The third-order valence-corrected chi connectivity index (χ3v) is 5.99. The minimum Gasteiger partial charge on any atom is -0.297 e. The minimum absolute atomic E-state index is 0.244. The van der Waals surface area contributed by atoms with Crippen LogP contribution in [0.5, 0.6) is 0 Å². The van der Waals surface area contributed by atoms with Crippen LogP contribution in [0.25, 0.3) is 5.13 Å². The number of carbonyl (C=O) groups is 1. The van der Waals surface area contributed by atoms with E-state index in [1.807, 2.05) is 11.5 Å². The Labute approximate surface area is 128 Å². The maximum atomic E-state index is 10.7. The van der Waals surface area contributed by atoms with Crippen molar-refractivity contribution in [3.05, 3.63) is 23.3 Å². The van der Waals surface area contributed by atoms with Crippen molar-refractivity contribution < 1.29 is 4.79 Å². The summed E-state index contributed by atoms with van der Waals surface area (Å²) in [5.41, 5.74) is 0. The van der Waals surface area contributed by atoms with Crippen molar-refractivity contribution in [2.75, 3.05) is 0 Å². The third kappa shape index (κ3) is 2.14. The van der Waals surface area contributed by atoms with Gasteiger partial charge in [-0.15, -0.1) is 0 Å². The summed E-state index contributed by atoms with van der Waals surface area (Å²) < 4.78 is 3.76. The molecule has 0 saturated carbocycles. The summed E-state index contributed by atoms with van der Waals surface area (Å²) in [5.74, 6) is 0.830. The van der Waals surface area contributed by atoms with Crippen molar-refractivity contribution in [3.63, 3.8) is 0 Å². The maximum Gasteiger partial charge on any atom is 0.198 e. The maximum absolute atomic E-state index is 10.7. The van der Waals surface area contributed by atoms with Crippen LogP contribution in [0.15, 0.2) is 0 Å². The SMILES string of the molecule is Cc1nc(I)c(I)n1-c1nc(Cl)c(C=O)s1. The van der Waals surface area contributed by atoms with E-state index in [2.05, 4.69) is 55.1 Å². The van der Waals surface area contributed by atoms with Gasteiger partial charge in [0.05, 0.1) is 0 Å². The Kier molecular flexibility index (Phi) is 3.86. The standard InChI is InChI=1S/C8H4ClI2N3OS/c1-3-12-6(10)7(11)14(3)8-13-5(9)4(2-15)16-8/h2H,1H3. The molecule has 0 bridgehead atoms. The van der Waals surface area contributed by atoms with Crippen LogP contribution in [-0.4, -0.2) is 20.8 Å². The Bertz CT molecular complexity index is 566. The van der Waals surface area contributed by atoms with Gasteiger partial charge >= 0.3 is 0 Å². The number of aromatic nitrogens is 3. The zero-order valence-electron chi connectivity index (χ0n) is 7.87. The fraction of sp³-hybridized carbons (Fsp3) is 0.125. The Morgan fingerprint density at radius 1 is 1.44 bits per heavy atom. The molecule has 0 N–H and O–H groups in total. The zero-order valence-corrected chi connectivity index (χ0v) is 13.8. The lowest BCUT2D eigenvalue weighted by molar-refractivity contribution is 0.112. The van der Waals surface area contributed by atoms with E-state index >= 15 is 0 Å². The molecule has 2 rings (SSSR count). The Hall–Kier alpha value is 0.260. The molecule has 0 unspecified atom stereocenters. The monoisotopic (exact) mass is 479 g/mol. The highest BCUT2D eigenvalue weighted by Gasteiger charge is 2.16. The number of hydrogen-bond donors (Lipinski definition) is 0. The minimum atomic E-state index is 0.244. The number of carbonyl (C=O) groups excluding carboxylic acids is 1. The van der Waals surface area contributed by atoms with Crippen LogP contribution in [0, 0.1) is 14.3 Å². The summed E-state index contributed by atoms with van der Waals surface area (Å²) in [7, 11) is 0. The second kappa shape index (κ2) is 4.86. The quantitative estimate of drug-likeness (QED) is 0.491. The van der Waals surface area contributed by atoms with Gasteiger partial charge in [-0.25, -0.2) is 9.97 Å². The molecule has 8 heteroatoms. The van der Waals surface area contributed by atoms with Crippen molar-refractivity contribution in [1.82, 2.24) is 14.5 Å². The second-order valence-corrected chi connectivity index (χ2v) is 6.26. The summed E-state index contributed by atoms with van der Waals surface area (Å²) in [6.07, 6.45) is 0.716. The molecule has 0 amide bonds. The van der Waals surface area contributed by atoms with Crippen LogP contribution in [0.4, 0.5) is 0 Å². The van der Waals surface area contributed by atoms with Gasteiger partial charge in [0.25, 0.3) is 0 Å². The summed E-state index contributed by atoms with van der Waals surface area (Å²) in [6, 6.07) is 0. The molecular formula is C8H4ClI2N3OS. The van der Waals surface area contributed by atoms with Crippen molar-refractivity contribution in [3.8, 4) is 5.13 Å². The molecule has 0 saturated heterocycles. The number of thiazole rings is 1. The van der Waals surface area contributed by atoms with E-state index in [-0.39, 0.29) is 5.15 Å².